The third kappa shape index (κ3) is 8.02. The number of methoxy groups -OCH3 is 1. The SMILES string of the molecule is COc1cc(/C=C/C(=O)NCCCCCCO[N+](=O)[O-])ccc1O. The van der Waals surface area contributed by atoms with Gasteiger partial charge in [-0.05, 0) is 36.6 Å². The van der Waals surface area contributed by atoms with Crippen molar-refractivity contribution in [1.29, 1.82) is 0 Å². The first-order valence-electron chi connectivity index (χ1n) is 7.63. The van der Waals surface area contributed by atoms with E-state index in [4.69, 9.17) is 4.74 Å². The van der Waals surface area contributed by atoms with Gasteiger partial charge in [0.05, 0.1) is 13.7 Å². The highest BCUT2D eigenvalue weighted by Crippen LogP contribution is 2.26. The van der Waals surface area contributed by atoms with E-state index in [1.807, 2.05) is 0 Å². The molecule has 0 aromatic heterocycles. The molecule has 0 aliphatic carbocycles. The Hall–Kier alpha value is -2.77. The summed E-state index contributed by atoms with van der Waals surface area (Å²) in [6.45, 7) is 0.649. The van der Waals surface area contributed by atoms with E-state index < -0.39 is 5.09 Å². The van der Waals surface area contributed by atoms with Gasteiger partial charge in [0.25, 0.3) is 5.09 Å². The smallest absolute Gasteiger partial charge is 0.294 e. The van der Waals surface area contributed by atoms with Crippen LogP contribution in [-0.2, 0) is 9.63 Å². The molecule has 0 fully saturated rings. The minimum Gasteiger partial charge on any atom is -0.504 e. The van der Waals surface area contributed by atoms with Gasteiger partial charge in [-0.25, -0.2) is 0 Å². The van der Waals surface area contributed by atoms with Crippen LogP contribution in [0.2, 0.25) is 0 Å². The molecule has 0 heterocycles. The summed E-state index contributed by atoms with van der Waals surface area (Å²) in [7, 11) is 1.46. The number of carbonyl (C=O) groups excluding carboxylic acids is 1. The van der Waals surface area contributed by atoms with E-state index >= 15 is 0 Å². The van der Waals surface area contributed by atoms with Gasteiger partial charge in [-0.1, -0.05) is 18.9 Å². The van der Waals surface area contributed by atoms with Crippen LogP contribution in [0.4, 0.5) is 0 Å². The van der Waals surface area contributed by atoms with E-state index in [1.165, 1.54) is 19.3 Å². The second-order valence-electron chi connectivity index (χ2n) is 5.03. The monoisotopic (exact) mass is 338 g/mol. The fourth-order valence-electron chi connectivity index (χ4n) is 1.96. The summed E-state index contributed by atoms with van der Waals surface area (Å²) >= 11 is 0. The maximum absolute atomic E-state index is 11.7. The normalized spacial score (nSPS) is 10.5. The van der Waals surface area contributed by atoms with Crippen LogP contribution in [0.5, 0.6) is 11.5 Å². The second kappa shape index (κ2) is 10.9. The molecule has 1 aromatic rings. The van der Waals surface area contributed by atoms with Crippen LogP contribution in [0.25, 0.3) is 6.08 Å². The highest BCUT2D eigenvalue weighted by molar-refractivity contribution is 5.91. The maximum Gasteiger partial charge on any atom is 0.294 e. The van der Waals surface area contributed by atoms with Crippen molar-refractivity contribution in [1.82, 2.24) is 5.32 Å². The standard InChI is InChI=1S/C16H22N2O6/c1-23-15-12-13(6-8-14(15)19)7-9-16(20)17-10-4-2-3-5-11-24-18(21)22/h6-9,12,19H,2-5,10-11H2,1H3,(H,17,20)/b9-7+. The van der Waals surface area contributed by atoms with Gasteiger partial charge in [-0.3, -0.25) is 4.79 Å². The van der Waals surface area contributed by atoms with Crippen molar-refractivity contribution in [3.05, 3.63) is 40.0 Å². The van der Waals surface area contributed by atoms with Crippen LogP contribution in [-0.4, -0.2) is 36.4 Å². The molecule has 24 heavy (non-hydrogen) atoms. The molecule has 0 radical (unpaired) electrons. The van der Waals surface area contributed by atoms with E-state index in [0.29, 0.717) is 18.7 Å². The van der Waals surface area contributed by atoms with Gasteiger partial charge in [0, 0.05) is 12.6 Å². The number of carbonyl (C=O) groups is 1. The molecule has 0 saturated carbocycles. The number of benzene rings is 1. The number of nitrogens with zero attached hydrogens (tertiary/aromatic N) is 1. The molecule has 0 saturated heterocycles. The van der Waals surface area contributed by atoms with E-state index in [-0.39, 0.29) is 18.3 Å². The molecule has 0 atom stereocenters. The van der Waals surface area contributed by atoms with Crippen LogP contribution in [0, 0.1) is 10.1 Å². The second-order valence-corrected chi connectivity index (χ2v) is 5.03. The van der Waals surface area contributed by atoms with Gasteiger partial charge in [-0.15, -0.1) is 10.1 Å². The third-order valence-corrected chi connectivity index (χ3v) is 3.20. The molecule has 0 aliphatic rings. The van der Waals surface area contributed by atoms with E-state index in [0.717, 1.165) is 24.8 Å². The summed E-state index contributed by atoms with van der Waals surface area (Å²) in [4.78, 5) is 25.8. The molecule has 132 valence electrons. The van der Waals surface area contributed by atoms with Crippen molar-refractivity contribution in [3.8, 4) is 11.5 Å². The third-order valence-electron chi connectivity index (χ3n) is 3.20. The fourth-order valence-corrected chi connectivity index (χ4v) is 1.96. The van der Waals surface area contributed by atoms with Crippen molar-refractivity contribution in [2.45, 2.75) is 25.7 Å². The number of hydrogen-bond donors (Lipinski definition) is 2. The predicted molar refractivity (Wildman–Crippen MR) is 88.1 cm³/mol. The lowest BCUT2D eigenvalue weighted by atomic mass is 10.2. The molecule has 1 amide bonds. The first-order valence-corrected chi connectivity index (χ1v) is 7.63. The number of unbranched alkanes of at least 4 members (excludes halogenated alkanes) is 3. The Bertz CT molecular complexity index is 574. The van der Waals surface area contributed by atoms with Crippen molar-refractivity contribution < 1.29 is 24.6 Å². The number of rotatable bonds is 11. The highest BCUT2D eigenvalue weighted by Gasteiger charge is 2.01. The summed E-state index contributed by atoms with van der Waals surface area (Å²) in [5.41, 5.74) is 0.741. The number of phenolic OH excluding ortho intramolecular Hbond substituents is 1. The van der Waals surface area contributed by atoms with Gasteiger partial charge in [-0.2, -0.15) is 0 Å². The van der Waals surface area contributed by atoms with E-state index in [1.54, 1.807) is 18.2 Å². The Morgan fingerprint density at radius 2 is 2.08 bits per heavy atom. The summed E-state index contributed by atoms with van der Waals surface area (Å²) in [5.74, 6) is 0.181. The predicted octanol–water partition coefficient (Wildman–Crippen LogP) is 2.30. The van der Waals surface area contributed by atoms with E-state index in [2.05, 4.69) is 10.2 Å². The Kier molecular flexibility index (Phi) is 8.73. The van der Waals surface area contributed by atoms with Crippen LogP contribution < -0.4 is 10.1 Å². The Labute approximate surface area is 140 Å². The summed E-state index contributed by atoms with van der Waals surface area (Å²) < 4.78 is 4.99. The largest absolute Gasteiger partial charge is 0.504 e. The quantitative estimate of drug-likeness (QED) is 0.277. The molecule has 2 N–H and O–H groups in total. The molecule has 1 aromatic carbocycles. The van der Waals surface area contributed by atoms with Gasteiger partial charge in [0.15, 0.2) is 11.5 Å². The molecule has 8 nitrogen and oxygen atoms in total. The topological polar surface area (TPSA) is 111 Å². The summed E-state index contributed by atoms with van der Waals surface area (Å²) in [5, 5.41) is 21.4. The van der Waals surface area contributed by atoms with Crippen LogP contribution in [0.1, 0.15) is 31.2 Å². The van der Waals surface area contributed by atoms with Crippen LogP contribution >= 0.6 is 0 Å². The fraction of sp³-hybridized carbons (Fsp3) is 0.438. The van der Waals surface area contributed by atoms with Crippen molar-refractivity contribution in [3.63, 3.8) is 0 Å². The average Bonchev–Trinajstić information content (AvgIpc) is 2.56. The van der Waals surface area contributed by atoms with Crippen molar-refractivity contribution in [2.75, 3.05) is 20.3 Å². The first kappa shape index (κ1) is 19.3. The number of phenols is 1. The molecular formula is C16H22N2O6. The Morgan fingerprint density at radius 1 is 1.33 bits per heavy atom. The molecule has 0 unspecified atom stereocenters. The molecule has 0 bridgehead atoms. The number of aromatic hydroxyl groups is 1. The lowest BCUT2D eigenvalue weighted by Crippen LogP contribution is -2.21. The molecular weight excluding hydrogens is 316 g/mol. The lowest BCUT2D eigenvalue weighted by Gasteiger charge is -2.04. The van der Waals surface area contributed by atoms with Gasteiger partial charge in [0.1, 0.15) is 0 Å². The highest BCUT2D eigenvalue weighted by atomic mass is 16.9. The summed E-state index contributed by atoms with van der Waals surface area (Å²) in [6.07, 6.45) is 6.14. The number of hydrogen-bond acceptors (Lipinski definition) is 6. The van der Waals surface area contributed by atoms with Gasteiger partial charge in [0.2, 0.25) is 5.91 Å². The zero-order valence-corrected chi connectivity index (χ0v) is 13.6. The lowest BCUT2D eigenvalue weighted by molar-refractivity contribution is -0.757. The maximum atomic E-state index is 11.7. The molecule has 0 spiro atoms. The van der Waals surface area contributed by atoms with Crippen molar-refractivity contribution in [2.24, 2.45) is 0 Å². The van der Waals surface area contributed by atoms with Crippen LogP contribution in [0.15, 0.2) is 24.3 Å². The molecule has 1 rings (SSSR count). The first-order chi connectivity index (χ1) is 11.5. The zero-order chi connectivity index (χ0) is 17.8. The minimum atomic E-state index is -0.795. The molecule has 8 heteroatoms. The zero-order valence-electron chi connectivity index (χ0n) is 13.6. The number of nitrogens with one attached hydrogen (secondary N) is 1. The van der Waals surface area contributed by atoms with Crippen LogP contribution in [0.3, 0.4) is 0 Å². The van der Waals surface area contributed by atoms with E-state index in [9.17, 15) is 20.0 Å². The Morgan fingerprint density at radius 3 is 2.79 bits per heavy atom. The molecule has 0 aliphatic heterocycles. The van der Waals surface area contributed by atoms with Gasteiger partial charge >= 0.3 is 0 Å². The number of ether oxygens (including phenoxy) is 1. The summed E-state index contributed by atoms with van der Waals surface area (Å²) in [6, 6.07) is 4.81. The minimum absolute atomic E-state index is 0.0442. The van der Waals surface area contributed by atoms with Crippen molar-refractivity contribution >= 4 is 12.0 Å². The number of amides is 1. The van der Waals surface area contributed by atoms with Gasteiger partial charge < -0.3 is 20.0 Å². The Balaban J connectivity index is 2.18. The average molecular weight is 338 g/mol.